The number of amides is 2. The summed E-state index contributed by atoms with van der Waals surface area (Å²) in [5, 5.41) is 9.74. The monoisotopic (exact) mass is 359 g/mol. The molecule has 2 aliphatic rings. The van der Waals surface area contributed by atoms with E-state index in [9.17, 15) is 9.90 Å². The molecule has 2 amide bonds. The Hall–Kier alpha value is -1.17. The van der Waals surface area contributed by atoms with Crippen molar-refractivity contribution >= 4 is 35.7 Å². The summed E-state index contributed by atoms with van der Waals surface area (Å²) in [6.45, 7) is 9.82. The van der Waals surface area contributed by atoms with E-state index in [2.05, 4.69) is 18.7 Å². The van der Waals surface area contributed by atoms with Crippen molar-refractivity contribution in [3.8, 4) is 5.75 Å². The van der Waals surface area contributed by atoms with Crippen molar-refractivity contribution in [3.05, 3.63) is 23.2 Å². The lowest BCUT2D eigenvalue weighted by Gasteiger charge is -2.46. The smallest absolute Gasteiger partial charge is 0.324 e. The van der Waals surface area contributed by atoms with Crippen molar-refractivity contribution in [1.82, 2.24) is 9.80 Å². The van der Waals surface area contributed by atoms with E-state index < -0.39 is 0 Å². The summed E-state index contributed by atoms with van der Waals surface area (Å²) in [4.78, 5) is 18.5. The van der Waals surface area contributed by atoms with Gasteiger partial charge in [0.05, 0.1) is 5.02 Å². The Kier molecular flexibility index (Phi) is 5.33. The third-order valence-corrected chi connectivity index (χ3v) is 4.63. The van der Waals surface area contributed by atoms with Gasteiger partial charge in [-0.25, -0.2) is 4.79 Å². The summed E-state index contributed by atoms with van der Waals surface area (Å²) >= 11 is 5.92. The first-order valence-electron chi connectivity index (χ1n) is 7.63. The molecule has 23 heavy (non-hydrogen) atoms. The number of urea groups is 1. The number of halogens is 2. The standard InChI is InChI=1S/C16H22ClN3O2.ClH/c1-16(2)10-18(11-16)5-6-19-7-8-20(15(19)22)12-3-4-14(21)13(17)9-12;/h3-4,9,21H,5-8,10-11H2,1-2H3;1H. The van der Waals surface area contributed by atoms with Crippen LogP contribution in [0.1, 0.15) is 13.8 Å². The van der Waals surface area contributed by atoms with E-state index in [1.165, 1.54) is 6.07 Å². The second-order valence-electron chi connectivity index (χ2n) is 6.93. The summed E-state index contributed by atoms with van der Waals surface area (Å²) in [5.74, 6) is 0.0364. The molecule has 1 aromatic carbocycles. The fraction of sp³-hybridized carbons (Fsp3) is 0.562. The number of benzene rings is 1. The molecule has 2 saturated heterocycles. The van der Waals surface area contributed by atoms with Gasteiger partial charge in [0.2, 0.25) is 0 Å². The van der Waals surface area contributed by atoms with E-state index in [1.54, 1.807) is 17.0 Å². The number of carbonyl (C=O) groups excluding carboxylic acids is 1. The highest BCUT2D eigenvalue weighted by Gasteiger charge is 2.35. The zero-order chi connectivity index (χ0) is 15.9. The van der Waals surface area contributed by atoms with Gasteiger partial charge in [0.1, 0.15) is 5.75 Å². The Morgan fingerprint density at radius 3 is 2.52 bits per heavy atom. The molecule has 0 spiro atoms. The van der Waals surface area contributed by atoms with Gasteiger partial charge in [-0.05, 0) is 23.6 Å². The number of nitrogens with zero attached hydrogens (tertiary/aromatic N) is 3. The Morgan fingerprint density at radius 2 is 1.91 bits per heavy atom. The second-order valence-corrected chi connectivity index (χ2v) is 7.34. The Bertz CT molecular complexity index is 587. The molecule has 0 bridgehead atoms. The first kappa shape index (κ1) is 18.2. The first-order chi connectivity index (χ1) is 10.4. The quantitative estimate of drug-likeness (QED) is 0.898. The SMILES string of the molecule is CC1(C)CN(CCN2CCN(c3ccc(O)c(Cl)c3)C2=O)C1.Cl. The largest absolute Gasteiger partial charge is 0.506 e. The van der Waals surface area contributed by atoms with Crippen LogP contribution in [-0.2, 0) is 0 Å². The van der Waals surface area contributed by atoms with Crippen LogP contribution in [0.2, 0.25) is 5.02 Å². The average molecular weight is 360 g/mol. The number of anilines is 1. The van der Waals surface area contributed by atoms with Gasteiger partial charge in [0, 0.05) is 45.0 Å². The molecule has 2 fully saturated rings. The minimum Gasteiger partial charge on any atom is -0.506 e. The fourth-order valence-electron chi connectivity index (χ4n) is 3.28. The third kappa shape index (κ3) is 3.84. The van der Waals surface area contributed by atoms with E-state index in [0.717, 1.165) is 38.4 Å². The molecular weight excluding hydrogens is 337 g/mol. The number of phenolic OH excluding ortho intramolecular Hbond substituents is 1. The average Bonchev–Trinajstić information content (AvgIpc) is 2.78. The highest BCUT2D eigenvalue weighted by molar-refractivity contribution is 6.32. The highest BCUT2D eigenvalue weighted by Crippen LogP contribution is 2.30. The van der Waals surface area contributed by atoms with E-state index in [1.807, 2.05) is 4.90 Å². The van der Waals surface area contributed by atoms with Gasteiger partial charge in [-0.15, -0.1) is 12.4 Å². The van der Waals surface area contributed by atoms with Crippen LogP contribution in [0.4, 0.5) is 10.5 Å². The third-order valence-electron chi connectivity index (χ3n) is 4.33. The fourth-order valence-corrected chi connectivity index (χ4v) is 3.45. The number of hydrogen-bond acceptors (Lipinski definition) is 3. The van der Waals surface area contributed by atoms with Crippen LogP contribution in [0, 0.1) is 5.41 Å². The molecule has 128 valence electrons. The maximum Gasteiger partial charge on any atom is 0.324 e. The Labute approximate surface area is 148 Å². The molecule has 5 nitrogen and oxygen atoms in total. The van der Waals surface area contributed by atoms with E-state index in [0.29, 0.717) is 12.0 Å². The molecule has 3 rings (SSSR count). The van der Waals surface area contributed by atoms with Crippen molar-refractivity contribution in [2.45, 2.75) is 13.8 Å². The number of carbonyl (C=O) groups is 1. The van der Waals surface area contributed by atoms with Crippen LogP contribution in [-0.4, -0.2) is 60.2 Å². The second kappa shape index (κ2) is 6.75. The molecule has 1 N–H and O–H groups in total. The summed E-state index contributed by atoms with van der Waals surface area (Å²) in [6.07, 6.45) is 0. The van der Waals surface area contributed by atoms with Gasteiger partial charge in [-0.1, -0.05) is 25.4 Å². The molecule has 2 aliphatic heterocycles. The van der Waals surface area contributed by atoms with Gasteiger partial charge in [-0.2, -0.15) is 0 Å². The van der Waals surface area contributed by atoms with Crippen molar-refractivity contribution in [2.24, 2.45) is 5.41 Å². The lowest BCUT2D eigenvalue weighted by molar-refractivity contribution is 0.0273. The summed E-state index contributed by atoms with van der Waals surface area (Å²) in [5.41, 5.74) is 1.16. The summed E-state index contributed by atoms with van der Waals surface area (Å²) in [7, 11) is 0. The normalized spacial score (nSPS) is 20.4. The predicted octanol–water partition coefficient (Wildman–Crippen LogP) is 3.05. The first-order valence-corrected chi connectivity index (χ1v) is 8.01. The number of aromatic hydroxyl groups is 1. The minimum absolute atomic E-state index is 0. The lowest BCUT2D eigenvalue weighted by atomic mass is 9.84. The molecule has 2 heterocycles. The molecule has 7 heteroatoms. The van der Waals surface area contributed by atoms with E-state index in [4.69, 9.17) is 11.6 Å². The van der Waals surface area contributed by atoms with E-state index >= 15 is 0 Å². The van der Waals surface area contributed by atoms with Crippen molar-refractivity contribution in [2.75, 3.05) is 44.2 Å². The highest BCUT2D eigenvalue weighted by atomic mass is 35.5. The van der Waals surface area contributed by atoms with Crippen molar-refractivity contribution in [3.63, 3.8) is 0 Å². The van der Waals surface area contributed by atoms with Crippen LogP contribution in [0.25, 0.3) is 0 Å². The van der Waals surface area contributed by atoms with Gasteiger partial charge in [0.25, 0.3) is 0 Å². The molecule has 0 aliphatic carbocycles. The Balaban J connectivity index is 0.00000192. The minimum atomic E-state index is 0. The summed E-state index contributed by atoms with van der Waals surface area (Å²) < 4.78 is 0. The molecular formula is C16H23Cl2N3O2. The summed E-state index contributed by atoms with van der Waals surface area (Å²) in [6, 6.07) is 4.90. The van der Waals surface area contributed by atoms with Gasteiger partial charge >= 0.3 is 6.03 Å². The van der Waals surface area contributed by atoms with Crippen molar-refractivity contribution in [1.29, 1.82) is 0 Å². The van der Waals surface area contributed by atoms with Crippen LogP contribution in [0.15, 0.2) is 18.2 Å². The predicted molar refractivity (Wildman–Crippen MR) is 94.9 cm³/mol. The van der Waals surface area contributed by atoms with Crippen LogP contribution >= 0.6 is 24.0 Å². The molecule has 0 atom stereocenters. The maximum absolute atomic E-state index is 12.5. The molecule has 1 aromatic rings. The Morgan fingerprint density at radius 1 is 1.22 bits per heavy atom. The zero-order valence-electron chi connectivity index (χ0n) is 13.5. The molecule has 0 saturated carbocycles. The van der Waals surface area contributed by atoms with Crippen LogP contribution < -0.4 is 4.90 Å². The number of hydrogen-bond donors (Lipinski definition) is 1. The molecule has 0 unspecified atom stereocenters. The van der Waals surface area contributed by atoms with Gasteiger partial charge < -0.3 is 14.9 Å². The van der Waals surface area contributed by atoms with Crippen molar-refractivity contribution < 1.29 is 9.90 Å². The number of phenols is 1. The zero-order valence-corrected chi connectivity index (χ0v) is 15.0. The van der Waals surface area contributed by atoms with Gasteiger partial charge in [-0.3, -0.25) is 4.90 Å². The molecule has 0 radical (unpaired) electrons. The molecule has 0 aromatic heterocycles. The number of likely N-dealkylation sites (tertiary alicyclic amines) is 1. The lowest BCUT2D eigenvalue weighted by Crippen LogP contribution is -2.54. The van der Waals surface area contributed by atoms with Crippen LogP contribution in [0.5, 0.6) is 5.75 Å². The van der Waals surface area contributed by atoms with Gasteiger partial charge in [0.15, 0.2) is 0 Å². The van der Waals surface area contributed by atoms with Crippen LogP contribution in [0.3, 0.4) is 0 Å². The maximum atomic E-state index is 12.5. The van der Waals surface area contributed by atoms with E-state index in [-0.39, 0.29) is 29.2 Å². The number of rotatable bonds is 4. The topological polar surface area (TPSA) is 47.0 Å².